The maximum Gasteiger partial charge on any atom is 0.255 e. The molecule has 4 nitrogen and oxygen atoms in total. The van der Waals surface area contributed by atoms with E-state index in [1.165, 1.54) is 11.1 Å². The second kappa shape index (κ2) is 5.36. The zero-order valence-corrected chi connectivity index (χ0v) is 11.8. The lowest BCUT2D eigenvalue weighted by Crippen LogP contribution is -2.22. The van der Waals surface area contributed by atoms with E-state index in [-0.39, 0.29) is 5.56 Å². The quantitative estimate of drug-likeness (QED) is 0.885. The Morgan fingerprint density at radius 1 is 1.21 bits per heavy atom. The van der Waals surface area contributed by atoms with Crippen molar-refractivity contribution in [1.82, 2.24) is 15.3 Å². The minimum Gasteiger partial charge on any atom is -0.315 e. The van der Waals surface area contributed by atoms with Crippen LogP contribution in [-0.4, -0.2) is 17.0 Å². The summed E-state index contributed by atoms with van der Waals surface area (Å²) in [4.78, 5) is 19.4. The predicted molar refractivity (Wildman–Crippen MR) is 77.3 cm³/mol. The molecule has 1 heterocycles. The van der Waals surface area contributed by atoms with E-state index in [4.69, 9.17) is 0 Å². The van der Waals surface area contributed by atoms with Gasteiger partial charge >= 0.3 is 0 Å². The molecule has 0 radical (unpaired) electrons. The Labute approximate surface area is 112 Å². The predicted octanol–water partition coefficient (Wildman–Crippen LogP) is 2.08. The van der Waals surface area contributed by atoms with E-state index in [0.717, 1.165) is 11.3 Å². The number of nitrogens with one attached hydrogen (secondary N) is 2. The number of hydrogen-bond donors (Lipinski definition) is 2. The smallest absolute Gasteiger partial charge is 0.255 e. The Kier molecular flexibility index (Phi) is 3.81. The molecule has 100 valence electrons. The number of benzene rings is 1. The van der Waals surface area contributed by atoms with Gasteiger partial charge in [-0.25, -0.2) is 4.98 Å². The van der Waals surface area contributed by atoms with Crippen LogP contribution >= 0.6 is 0 Å². The molecule has 0 spiro atoms. The second-order valence-electron chi connectivity index (χ2n) is 4.81. The summed E-state index contributed by atoms with van der Waals surface area (Å²) < 4.78 is 0. The Hall–Kier alpha value is -1.94. The lowest BCUT2D eigenvalue weighted by molar-refractivity contribution is 0.787. The van der Waals surface area contributed by atoms with E-state index in [0.29, 0.717) is 17.9 Å². The molecule has 0 fully saturated rings. The van der Waals surface area contributed by atoms with Gasteiger partial charge in [0, 0.05) is 17.8 Å². The molecular weight excluding hydrogens is 238 g/mol. The molecule has 0 atom stereocenters. The molecule has 0 saturated heterocycles. The highest BCUT2D eigenvalue weighted by molar-refractivity contribution is 5.57. The van der Waals surface area contributed by atoms with Gasteiger partial charge in [0.2, 0.25) is 0 Å². The monoisotopic (exact) mass is 257 g/mol. The SMILES string of the molecule is CNCc1c(C)nc(-c2ccc(C)c(C)c2)[nH]c1=O. The van der Waals surface area contributed by atoms with Gasteiger partial charge in [-0.2, -0.15) is 0 Å². The number of rotatable bonds is 3. The van der Waals surface area contributed by atoms with Crippen molar-refractivity contribution < 1.29 is 0 Å². The fourth-order valence-corrected chi connectivity index (χ4v) is 2.02. The molecule has 0 saturated carbocycles. The van der Waals surface area contributed by atoms with Gasteiger partial charge in [-0.3, -0.25) is 4.79 Å². The summed E-state index contributed by atoms with van der Waals surface area (Å²) in [6.45, 7) is 6.52. The Bertz CT molecular complexity index is 659. The molecule has 4 heteroatoms. The number of aromatic nitrogens is 2. The molecule has 0 bridgehead atoms. The van der Waals surface area contributed by atoms with Gasteiger partial charge in [0.25, 0.3) is 5.56 Å². The molecule has 0 unspecified atom stereocenters. The molecule has 0 amide bonds. The van der Waals surface area contributed by atoms with Gasteiger partial charge in [0.05, 0.1) is 5.56 Å². The first kappa shape index (κ1) is 13.5. The van der Waals surface area contributed by atoms with Crippen LogP contribution in [0.1, 0.15) is 22.4 Å². The van der Waals surface area contributed by atoms with Crippen molar-refractivity contribution in [3.05, 3.63) is 50.9 Å². The lowest BCUT2D eigenvalue weighted by Gasteiger charge is -2.08. The molecule has 0 aliphatic rings. The van der Waals surface area contributed by atoms with Crippen LogP contribution in [0.3, 0.4) is 0 Å². The molecular formula is C15H19N3O. The molecule has 2 N–H and O–H groups in total. The van der Waals surface area contributed by atoms with Crippen LogP contribution in [0.5, 0.6) is 0 Å². The van der Waals surface area contributed by atoms with E-state index >= 15 is 0 Å². The molecule has 19 heavy (non-hydrogen) atoms. The third-order valence-corrected chi connectivity index (χ3v) is 3.36. The zero-order valence-electron chi connectivity index (χ0n) is 11.8. The number of nitrogens with zero attached hydrogens (tertiary/aromatic N) is 1. The first-order valence-corrected chi connectivity index (χ1v) is 6.35. The molecule has 0 aliphatic heterocycles. The topological polar surface area (TPSA) is 57.8 Å². The summed E-state index contributed by atoms with van der Waals surface area (Å²) in [6.07, 6.45) is 0. The average Bonchev–Trinajstić information content (AvgIpc) is 2.37. The van der Waals surface area contributed by atoms with E-state index in [2.05, 4.69) is 29.1 Å². The van der Waals surface area contributed by atoms with Gasteiger partial charge in [-0.05, 0) is 45.0 Å². The summed E-state index contributed by atoms with van der Waals surface area (Å²) in [5.41, 5.74) is 4.75. The maximum atomic E-state index is 12.0. The Morgan fingerprint density at radius 2 is 1.95 bits per heavy atom. The Balaban J connectivity index is 2.52. The first-order chi connectivity index (χ1) is 9.02. The average molecular weight is 257 g/mol. The molecule has 1 aromatic heterocycles. The standard InChI is InChI=1S/C15H19N3O/c1-9-5-6-12(7-10(9)2)14-17-11(3)13(8-16-4)15(19)18-14/h5-7,16H,8H2,1-4H3,(H,17,18,19). The first-order valence-electron chi connectivity index (χ1n) is 6.35. The zero-order chi connectivity index (χ0) is 14.0. The van der Waals surface area contributed by atoms with Crippen LogP contribution in [0.15, 0.2) is 23.0 Å². The van der Waals surface area contributed by atoms with Gasteiger partial charge < -0.3 is 10.3 Å². The summed E-state index contributed by atoms with van der Waals surface area (Å²) in [5.74, 6) is 0.630. The van der Waals surface area contributed by atoms with Crippen LogP contribution < -0.4 is 10.9 Å². The minimum absolute atomic E-state index is 0.0740. The van der Waals surface area contributed by atoms with E-state index in [1.807, 2.05) is 32.2 Å². The fourth-order valence-electron chi connectivity index (χ4n) is 2.02. The Morgan fingerprint density at radius 3 is 2.53 bits per heavy atom. The van der Waals surface area contributed by atoms with Gasteiger partial charge in [0.1, 0.15) is 5.82 Å². The van der Waals surface area contributed by atoms with Crippen molar-refractivity contribution >= 4 is 0 Å². The number of aromatic amines is 1. The van der Waals surface area contributed by atoms with Crippen molar-refractivity contribution in [3.63, 3.8) is 0 Å². The maximum absolute atomic E-state index is 12.0. The number of aryl methyl sites for hydroxylation is 3. The molecule has 2 rings (SSSR count). The van der Waals surface area contributed by atoms with Crippen molar-refractivity contribution in [2.45, 2.75) is 27.3 Å². The van der Waals surface area contributed by atoms with Crippen LogP contribution in [0.4, 0.5) is 0 Å². The van der Waals surface area contributed by atoms with E-state index in [9.17, 15) is 4.79 Å². The molecule has 0 aliphatic carbocycles. The van der Waals surface area contributed by atoms with Crippen molar-refractivity contribution in [2.75, 3.05) is 7.05 Å². The number of H-pyrrole nitrogens is 1. The summed E-state index contributed by atoms with van der Waals surface area (Å²) in [5, 5.41) is 2.98. The largest absolute Gasteiger partial charge is 0.315 e. The van der Waals surface area contributed by atoms with E-state index < -0.39 is 0 Å². The van der Waals surface area contributed by atoms with Crippen LogP contribution in [-0.2, 0) is 6.54 Å². The normalized spacial score (nSPS) is 10.7. The van der Waals surface area contributed by atoms with Crippen molar-refractivity contribution in [3.8, 4) is 11.4 Å². The van der Waals surface area contributed by atoms with E-state index in [1.54, 1.807) is 0 Å². The molecule has 2 aromatic rings. The van der Waals surface area contributed by atoms with Crippen molar-refractivity contribution in [1.29, 1.82) is 0 Å². The van der Waals surface area contributed by atoms with Gasteiger partial charge in [-0.15, -0.1) is 0 Å². The highest BCUT2D eigenvalue weighted by atomic mass is 16.1. The van der Waals surface area contributed by atoms with Crippen molar-refractivity contribution in [2.24, 2.45) is 0 Å². The van der Waals surface area contributed by atoms with Crippen LogP contribution in [0.25, 0.3) is 11.4 Å². The fraction of sp³-hybridized carbons (Fsp3) is 0.333. The summed E-state index contributed by atoms with van der Waals surface area (Å²) in [6, 6.07) is 6.07. The third-order valence-electron chi connectivity index (χ3n) is 3.36. The van der Waals surface area contributed by atoms with Gasteiger partial charge in [0.15, 0.2) is 0 Å². The molecule has 1 aromatic carbocycles. The highest BCUT2D eigenvalue weighted by Crippen LogP contribution is 2.18. The van der Waals surface area contributed by atoms with Gasteiger partial charge in [-0.1, -0.05) is 12.1 Å². The lowest BCUT2D eigenvalue weighted by atomic mass is 10.1. The second-order valence-corrected chi connectivity index (χ2v) is 4.81. The summed E-state index contributed by atoms with van der Waals surface area (Å²) in [7, 11) is 1.82. The third kappa shape index (κ3) is 2.74. The van der Waals surface area contributed by atoms with Crippen LogP contribution in [0, 0.1) is 20.8 Å². The summed E-state index contributed by atoms with van der Waals surface area (Å²) >= 11 is 0. The minimum atomic E-state index is -0.0740. The number of hydrogen-bond acceptors (Lipinski definition) is 3. The van der Waals surface area contributed by atoms with Crippen LogP contribution in [0.2, 0.25) is 0 Å². The highest BCUT2D eigenvalue weighted by Gasteiger charge is 2.09.